The summed E-state index contributed by atoms with van der Waals surface area (Å²) in [6, 6.07) is 0. The van der Waals surface area contributed by atoms with Gasteiger partial charge in [-0.2, -0.15) is 0 Å². The average molecular weight is 302 g/mol. The molecule has 0 amide bonds. The Bertz CT molecular complexity index is 274. The highest BCUT2D eigenvalue weighted by Gasteiger charge is 2.31. The highest BCUT2D eigenvalue weighted by Crippen LogP contribution is 2.28. The summed E-state index contributed by atoms with van der Waals surface area (Å²) in [5.74, 6) is 0.182. The van der Waals surface area contributed by atoms with Crippen LogP contribution in [0.3, 0.4) is 0 Å². The smallest absolute Gasteiger partial charge is 0.309 e. The second-order valence-electron chi connectivity index (χ2n) is 5.79. The van der Waals surface area contributed by atoms with E-state index < -0.39 is 0 Å². The van der Waals surface area contributed by atoms with E-state index in [1.807, 2.05) is 0 Å². The maximum absolute atomic E-state index is 12.1. The van der Waals surface area contributed by atoms with E-state index in [1.54, 1.807) is 14.0 Å². The molecule has 2 saturated carbocycles. The molecule has 0 spiro atoms. The molecule has 2 rings (SSSR count). The monoisotopic (exact) mass is 302 g/mol. The maximum Gasteiger partial charge on any atom is 0.309 e. The second-order valence-corrected chi connectivity index (χ2v) is 5.79. The van der Waals surface area contributed by atoms with Gasteiger partial charge < -0.3 is 9.47 Å². The van der Waals surface area contributed by atoms with Crippen LogP contribution in [0.15, 0.2) is 0 Å². The Labute approximate surface area is 127 Å². The van der Waals surface area contributed by atoms with Gasteiger partial charge in [-0.25, -0.2) is 4.89 Å². The average Bonchev–Trinajstić information content (AvgIpc) is 2.56. The van der Waals surface area contributed by atoms with Crippen LogP contribution in [0.4, 0.5) is 0 Å². The van der Waals surface area contributed by atoms with Crippen molar-refractivity contribution in [3.8, 4) is 0 Å². The van der Waals surface area contributed by atoms with Gasteiger partial charge in [-0.3, -0.25) is 10.1 Å². The maximum atomic E-state index is 12.1. The molecular weight excluding hydrogens is 272 g/mol. The van der Waals surface area contributed by atoms with Crippen molar-refractivity contribution >= 4 is 5.97 Å². The minimum atomic E-state index is 0.00294. The number of carbonyl (C=O) groups is 1. The number of rotatable bonds is 4. The number of hydrogen-bond acceptors (Lipinski definition) is 5. The van der Waals surface area contributed by atoms with E-state index >= 15 is 0 Å². The molecule has 0 radical (unpaired) electrons. The fourth-order valence-electron chi connectivity index (χ4n) is 3.05. The van der Waals surface area contributed by atoms with Crippen LogP contribution < -0.4 is 0 Å². The summed E-state index contributed by atoms with van der Waals surface area (Å²) in [5.41, 5.74) is 0. The lowest BCUT2D eigenvalue weighted by atomic mass is 9.89. The topological polar surface area (TPSA) is 65.0 Å². The predicted molar refractivity (Wildman–Crippen MR) is 80.0 cm³/mol. The van der Waals surface area contributed by atoms with Gasteiger partial charge in [0, 0.05) is 7.11 Å². The standard InChI is InChI=1S/C14H24O3.C2H6O2/c1-16-12-9-5-6-10-13(12)17-14(15)11-7-3-2-4-8-11;1-2-4-3/h11-13H,2-10H2,1H3;3H,2H2,1H3. The van der Waals surface area contributed by atoms with Crippen LogP contribution in [0, 0.1) is 5.92 Å². The minimum absolute atomic E-state index is 0.00294. The summed E-state index contributed by atoms with van der Waals surface area (Å²) in [5, 5.41) is 7.38. The molecule has 5 nitrogen and oxygen atoms in total. The van der Waals surface area contributed by atoms with E-state index in [0.717, 1.165) is 32.1 Å². The van der Waals surface area contributed by atoms with Gasteiger partial charge in [0.25, 0.3) is 0 Å². The van der Waals surface area contributed by atoms with Gasteiger partial charge in [-0.1, -0.05) is 25.7 Å². The largest absolute Gasteiger partial charge is 0.459 e. The van der Waals surface area contributed by atoms with E-state index in [0.29, 0.717) is 6.61 Å². The van der Waals surface area contributed by atoms with Crippen molar-refractivity contribution in [3.63, 3.8) is 0 Å². The van der Waals surface area contributed by atoms with E-state index in [-0.39, 0.29) is 24.1 Å². The number of ether oxygens (including phenoxy) is 2. The molecule has 2 atom stereocenters. The molecule has 1 N–H and O–H groups in total. The van der Waals surface area contributed by atoms with Gasteiger partial charge >= 0.3 is 5.97 Å². The normalized spacial score (nSPS) is 26.6. The summed E-state index contributed by atoms with van der Waals surface area (Å²) in [6.45, 7) is 2.08. The summed E-state index contributed by atoms with van der Waals surface area (Å²) in [4.78, 5) is 15.6. The van der Waals surface area contributed by atoms with E-state index in [9.17, 15) is 4.79 Å². The molecule has 2 aliphatic rings. The molecular formula is C16H30O5. The van der Waals surface area contributed by atoms with Gasteiger partial charge in [-0.15, -0.1) is 0 Å². The zero-order valence-electron chi connectivity index (χ0n) is 13.4. The summed E-state index contributed by atoms with van der Waals surface area (Å²) >= 11 is 0. The molecule has 5 heteroatoms. The molecule has 2 unspecified atom stereocenters. The van der Waals surface area contributed by atoms with Crippen molar-refractivity contribution in [3.05, 3.63) is 0 Å². The van der Waals surface area contributed by atoms with Gasteiger partial charge in [-0.05, 0) is 39.0 Å². The third-order valence-electron chi connectivity index (χ3n) is 4.28. The molecule has 0 aromatic heterocycles. The Balaban J connectivity index is 0.000000491. The third-order valence-corrected chi connectivity index (χ3v) is 4.28. The molecule has 0 aliphatic heterocycles. The molecule has 0 aromatic carbocycles. The quantitative estimate of drug-likeness (QED) is 0.488. The Morgan fingerprint density at radius 2 is 1.52 bits per heavy atom. The lowest BCUT2D eigenvalue weighted by Gasteiger charge is -2.31. The van der Waals surface area contributed by atoms with Gasteiger partial charge in [0.15, 0.2) is 0 Å². The fourth-order valence-corrected chi connectivity index (χ4v) is 3.05. The van der Waals surface area contributed by atoms with Crippen LogP contribution in [0.5, 0.6) is 0 Å². The van der Waals surface area contributed by atoms with Crippen molar-refractivity contribution in [1.29, 1.82) is 0 Å². The first kappa shape index (κ1) is 18.4. The van der Waals surface area contributed by atoms with Crippen LogP contribution >= 0.6 is 0 Å². The number of esters is 1. The van der Waals surface area contributed by atoms with Gasteiger partial charge in [0.1, 0.15) is 6.10 Å². The summed E-state index contributed by atoms with van der Waals surface area (Å²) in [6.07, 6.45) is 10.1. The van der Waals surface area contributed by atoms with Crippen LogP contribution in [0.2, 0.25) is 0 Å². The first-order valence-corrected chi connectivity index (χ1v) is 8.22. The molecule has 0 bridgehead atoms. The lowest BCUT2D eigenvalue weighted by molar-refractivity contribution is -0.237. The number of carbonyl (C=O) groups excluding carboxylic acids is 1. The van der Waals surface area contributed by atoms with Crippen molar-refractivity contribution in [2.45, 2.75) is 76.9 Å². The van der Waals surface area contributed by atoms with Gasteiger partial charge in [0.05, 0.1) is 18.6 Å². The molecule has 124 valence electrons. The highest BCUT2D eigenvalue weighted by molar-refractivity contribution is 5.72. The van der Waals surface area contributed by atoms with Crippen LogP contribution in [-0.2, 0) is 19.2 Å². The Morgan fingerprint density at radius 1 is 1.00 bits per heavy atom. The Kier molecular flexibility index (Phi) is 9.63. The van der Waals surface area contributed by atoms with Gasteiger partial charge in [0.2, 0.25) is 0 Å². The Morgan fingerprint density at radius 3 is 2.05 bits per heavy atom. The second kappa shape index (κ2) is 11.0. The lowest BCUT2D eigenvalue weighted by Crippen LogP contribution is -2.37. The first-order chi connectivity index (χ1) is 10.2. The molecule has 21 heavy (non-hydrogen) atoms. The minimum Gasteiger partial charge on any atom is -0.459 e. The zero-order chi connectivity index (χ0) is 15.5. The van der Waals surface area contributed by atoms with Crippen molar-refractivity contribution in [2.24, 2.45) is 5.92 Å². The van der Waals surface area contributed by atoms with E-state index in [1.165, 1.54) is 25.7 Å². The van der Waals surface area contributed by atoms with Crippen molar-refractivity contribution in [1.82, 2.24) is 0 Å². The molecule has 0 aromatic rings. The zero-order valence-corrected chi connectivity index (χ0v) is 13.4. The molecule has 2 aliphatic carbocycles. The number of hydrogen-bond donors (Lipinski definition) is 1. The molecule has 0 saturated heterocycles. The highest BCUT2D eigenvalue weighted by atomic mass is 17.1. The third kappa shape index (κ3) is 6.76. The van der Waals surface area contributed by atoms with Crippen LogP contribution in [-0.4, -0.2) is 37.2 Å². The Hall–Kier alpha value is -0.650. The SMILES string of the molecule is CCOO.COC1CCCCC1OC(=O)C1CCCCC1. The molecule has 2 fully saturated rings. The predicted octanol–water partition coefficient (Wildman–Crippen LogP) is 3.56. The van der Waals surface area contributed by atoms with Crippen LogP contribution in [0.25, 0.3) is 0 Å². The number of methoxy groups -OCH3 is 1. The first-order valence-electron chi connectivity index (χ1n) is 8.22. The molecule has 0 heterocycles. The van der Waals surface area contributed by atoms with Crippen LogP contribution in [0.1, 0.15) is 64.7 Å². The van der Waals surface area contributed by atoms with Crippen molar-refractivity contribution < 1.29 is 24.4 Å². The summed E-state index contributed by atoms with van der Waals surface area (Å²) in [7, 11) is 1.72. The van der Waals surface area contributed by atoms with E-state index in [2.05, 4.69) is 4.89 Å². The van der Waals surface area contributed by atoms with E-state index in [4.69, 9.17) is 14.7 Å². The fraction of sp³-hybridized carbons (Fsp3) is 0.938. The van der Waals surface area contributed by atoms with Crippen molar-refractivity contribution in [2.75, 3.05) is 13.7 Å². The summed E-state index contributed by atoms with van der Waals surface area (Å²) < 4.78 is 11.1.